The second kappa shape index (κ2) is 9.00. The Hall–Kier alpha value is -3.77. The van der Waals surface area contributed by atoms with Gasteiger partial charge in [0.2, 0.25) is 0 Å². The number of aromatic amines is 1. The number of aromatic hydroxyl groups is 1. The number of thioether (sulfide) groups is 1. The molecule has 0 fully saturated rings. The third kappa shape index (κ3) is 4.17. The number of phenolic OH excluding ortho intramolecular Hbond substituents is 1. The maximum absolute atomic E-state index is 13.3. The molecule has 0 bridgehead atoms. The van der Waals surface area contributed by atoms with Crippen LogP contribution in [0.4, 0.5) is 0 Å². The summed E-state index contributed by atoms with van der Waals surface area (Å²) in [6.45, 7) is 0. The number of methoxy groups -OCH3 is 1. The van der Waals surface area contributed by atoms with Crippen LogP contribution in [0.25, 0.3) is 34.2 Å². The van der Waals surface area contributed by atoms with Gasteiger partial charge < -0.3 is 14.8 Å². The molecule has 0 saturated heterocycles. The van der Waals surface area contributed by atoms with Crippen molar-refractivity contribution >= 4 is 34.8 Å². The number of benzene rings is 2. The van der Waals surface area contributed by atoms with Crippen LogP contribution in [0.15, 0.2) is 77.2 Å². The predicted octanol–water partition coefficient (Wildman–Crippen LogP) is 6.17. The average molecular weight is 455 g/mol. The van der Waals surface area contributed by atoms with E-state index in [1.807, 2.05) is 54.1 Å². The summed E-state index contributed by atoms with van der Waals surface area (Å²) in [6.07, 6.45) is 10.5. The van der Waals surface area contributed by atoms with Crippen LogP contribution in [0.3, 0.4) is 0 Å². The first-order valence-electron chi connectivity index (χ1n) is 10.6. The number of nitrogens with one attached hydrogen (secondary N) is 1. The lowest BCUT2D eigenvalue weighted by Gasteiger charge is -2.18. The molecule has 5 rings (SSSR count). The molecular formula is C27H22N2O3S. The van der Waals surface area contributed by atoms with Crippen LogP contribution in [-0.2, 0) is 0 Å². The van der Waals surface area contributed by atoms with E-state index in [-0.39, 0.29) is 16.6 Å². The van der Waals surface area contributed by atoms with E-state index in [1.54, 1.807) is 30.1 Å². The van der Waals surface area contributed by atoms with Gasteiger partial charge in [0.25, 0.3) is 5.56 Å². The number of H-pyrrole nitrogens is 1. The van der Waals surface area contributed by atoms with Crippen LogP contribution in [0.2, 0.25) is 0 Å². The molecule has 3 heterocycles. The van der Waals surface area contributed by atoms with E-state index < -0.39 is 0 Å². The zero-order valence-corrected chi connectivity index (χ0v) is 18.8. The number of ether oxygens (including phenoxy) is 1. The summed E-state index contributed by atoms with van der Waals surface area (Å²) in [5.41, 5.74) is 5.00. The van der Waals surface area contributed by atoms with Crippen LogP contribution >= 0.6 is 11.8 Å². The number of aromatic nitrogens is 2. The lowest BCUT2D eigenvalue weighted by Crippen LogP contribution is -2.16. The van der Waals surface area contributed by atoms with Gasteiger partial charge in [0.05, 0.1) is 12.6 Å². The summed E-state index contributed by atoms with van der Waals surface area (Å²) in [4.78, 5) is 20.4. The highest BCUT2D eigenvalue weighted by Gasteiger charge is 2.25. The second-order valence-electron chi connectivity index (χ2n) is 7.79. The Morgan fingerprint density at radius 3 is 2.76 bits per heavy atom. The summed E-state index contributed by atoms with van der Waals surface area (Å²) in [6, 6.07) is 15.3. The van der Waals surface area contributed by atoms with Crippen molar-refractivity contribution in [3.05, 3.63) is 99.5 Å². The van der Waals surface area contributed by atoms with Crippen molar-refractivity contribution in [2.45, 2.75) is 11.7 Å². The zero-order chi connectivity index (χ0) is 22.8. The molecule has 1 atom stereocenters. The van der Waals surface area contributed by atoms with E-state index in [1.165, 1.54) is 7.11 Å². The molecule has 1 aliphatic heterocycles. The first kappa shape index (κ1) is 21.1. The molecule has 33 heavy (non-hydrogen) atoms. The number of hydrogen-bond donors (Lipinski definition) is 2. The summed E-state index contributed by atoms with van der Waals surface area (Å²) in [7, 11) is 1.49. The van der Waals surface area contributed by atoms with Crippen molar-refractivity contribution in [3.8, 4) is 22.6 Å². The van der Waals surface area contributed by atoms with E-state index >= 15 is 0 Å². The highest BCUT2D eigenvalue weighted by molar-refractivity contribution is 8.02. The van der Waals surface area contributed by atoms with Crippen LogP contribution in [0, 0.1) is 0 Å². The molecule has 0 amide bonds. The molecule has 2 N–H and O–H groups in total. The Labute approximate surface area is 195 Å². The third-order valence-electron chi connectivity index (χ3n) is 5.69. The minimum Gasteiger partial charge on any atom is -0.504 e. The van der Waals surface area contributed by atoms with Crippen LogP contribution in [0.5, 0.6) is 11.5 Å². The number of pyridine rings is 2. The molecule has 1 aliphatic rings. The third-order valence-corrected chi connectivity index (χ3v) is 6.80. The van der Waals surface area contributed by atoms with Gasteiger partial charge in [-0.15, -0.1) is 11.8 Å². The fraction of sp³-hybridized carbons (Fsp3) is 0.111. The van der Waals surface area contributed by atoms with Gasteiger partial charge in [0, 0.05) is 40.2 Å². The number of hydrogen-bond acceptors (Lipinski definition) is 5. The SMILES string of the molecule is COc1cc2[nH]c(=O)c(C3CC=CS3)c(-c3cccc(/C=C/c4cccnc4)c3)c2cc1O. The van der Waals surface area contributed by atoms with Crippen molar-refractivity contribution in [3.63, 3.8) is 0 Å². The van der Waals surface area contributed by atoms with Gasteiger partial charge in [-0.1, -0.05) is 42.5 Å². The molecule has 2 aromatic carbocycles. The van der Waals surface area contributed by atoms with Gasteiger partial charge in [-0.05, 0) is 46.7 Å². The van der Waals surface area contributed by atoms with E-state index in [2.05, 4.69) is 22.1 Å². The minimum atomic E-state index is -0.122. The first-order chi connectivity index (χ1) is 16.1. The van der Waals surface area contributed by atoms with E-state index in [0.717, 1.165) is 39.6 Å². The van der Waals surface area contributed by atoms with Crippen molar-refractivity contribution in [2.24, 2.45) is 0 Å². The fourth-order valence-corrected chi connectivity index (χ4v) is 5.14. The maximum atomic E-state index is 13.3. The van der Waals surface area contributed by atoms with Crippen molar-refractivity contribution < 1.29 is 9.84 Å². The zero-order valence-electron chi connectivity index (χ0n) is 18.0. The van der Waals surface area contributed by atoms with Gasteiger partial charge >= 0.3 is 0 Å². The van der Waals surface area contributed by atoms with E-state index in [4.69, 9.17) is 4.74 Å². The second-order valence-corrected chi connectivity index (χ2v) is 8.90. The molecule has 1 unspecified atom stereocenters. The molecule has 164 valence electrons. The lowest BCUT2D eigenvalue weighted by molar-refractivity contribution is 0.374. The van der Waals surface area contributed by atoms with Crippen molar-refractivity contribution in [2.75, 3.05) is 7.11 Å². The Morgan fingerprint density at radius 1 is 1.15 bits per heavy atom. The van der Waals surface area contributed by atoms with E-state index in [9.17, 15) is 9.90 Å². The molecule has 0 radical (unpaired) electrons. The predicted molar refractivity (Wildman–Crippen MR) is 135 cm³/mol. The number of nitrogens with zero attached hydrogens (tertiary/aromatic N) is 1. The lowest BCUT2D eigenvalue weighted by atomic mass is 9.92. The fourth-order valence-electron chi connectivity index (χ4n) is 4.14. The average Bonchev–Trinajstić information content (AvgIpc) is 3.37. The Kier molecular flexibility index (Phi) is 5.75. The summed E-state index contributed by atoms with van der Waals surface area (Å²) in [5, 5.41) is 13.4. The molecular weight excluding hydrogens is 432 g/mol. The molecule has 0 aliphatic carbocycles. The summed E-state index contributed by atoms with van der Waals surface area (Å²) < 4.78 is 5.26. The van der Waals surface area contributed by atoms with Crippen LogP contribution < -0.4 is 10.3 Å². The standard InChI is InChI=1S/C27H22N2O3S/c1-32-23-15-21-20(14-22(23)30)25(26(27(31)29-21)24-8-4-12-33-24)19-7-2-5-17(13-19)9-10-18-6-3-11-28-16-18/h2-7,9-16,24,30H,8H2,1H3,(H,29,31)/b10-9+. The molecule has 4 aromatic rings. The van der Waals surface area contributed by atoms with Gasteiger partial charge in [-0.3, -0.25) is 9.78 Å². The number of fused-ring (bicyclic) bond motifs is 1. The summed E-state index contributed by atoms with van der Waals surface area (Å²) in [5.74, 6) is 0.357. The molecule has 0 saturated carbocycles. The van der Waals surface area contributed by atoms with Gasteiger partial charge in [-0.25, -0.2) is 0 Å². The highest BCUT2D eigenvalue weighted by Crippen LogP contribution is 2.44. The van der Waals surface area contributed by atoms with Crippen molar-refractivity contribution in [1.29, 1.82) is 0 Å². The van der Waals surface area contributed by atoms with Crippen LogP contribution in [0.1, 0.15) is 28.4 Å². The van der Waals surface area contributed by atoms with Gasteiger partial charge in [0.1, 0.15) is 0 Å². The maximum Gasteiger partial charge on any atom is 0.253 e. The van der Waals surface area contributed by atoms with Gasteiger partial charge in [-0.2, -0.15) is 0 Å². The quantitative estimate of drug-likeness (QED) is 0.377. The molecule has 0 spiro atoms. The van der Waals surface area contributed by atoms with Crippen molar-refractivity contribution in [1.82, 2.24) is 9.97 Å². The van der Waals surface area contributed by atoms with Gasteiger partial charge in [0.15, 0.2) is 11.5 Å². The smallest absolute Gasteiger partial charge is 0.253 e. The first-order valence-corrected chi connectivity index (χ1v) is 11.5. The Balaban J connectivity index is 1.70. The Bertz CT molecular complexity index is 1430. The monoisotopic (exact) mass is 454 g/mol. The van der Waals surface area contributed by atoms with E-state index in [0.29, 0.717) is 11.3 Å². The van der Waals surface area contributed by atoms with Crippen LogP contribution in [-0.4, -0.2) is 22.2 Å². The largest absolute Gasteiger partial charge is 0.504 e. The Morgan fingerprint density at radius 2 is 2.00 bits per heavy atom. The topological polar surface area (TPSA) is 75.2 Å². The number of allylic oxidation sites excluding steroid dienone is 1. The molecule has 2 aromatic heterocycles. The minimum absolute atomic E-state index is 0.0204. The molecule has 5 nitrogen and oxygen atoms in total. The normalized spacial score (nSPS) is 15.5. The number of phenols is 1. The number of rotatable bonds is 5. The molecule has 6 heteroatoms. The summed E-state index contributed by atoms with van der Waals surface area (Å²) >= 11 is 1.64. The highest BCUT2D eigenvalue weighted by atomic mass is 32.2.